The highest BCUT2D eigenvalue weighted by atomic mass is 32.2. The molecular weight excluding hydrogens is 232 g/mol. The Morgan fingerprint density at radius 1 is 1.50 bits per heavy atom. The fraction of sp³-hybridized carbons (Fsp3) is 1.00. The van der Waals surface area contributed by atoms with E-state index in [-0.39, 0.29) is 18.8 Å². The second-order valence-corrected chi connectivity index (χ2v) is 6.47. The Morgan fingerprint density at radius 2 is 2.14 bits per heavy atom. The van der Waals surface area contributed by atoms with E-state index in [0.29, 0.717) is 0 Å². The van der Waals surface area contributed by atoms with E-state index in [1.165, 1.54) is 6.92 Å². The summed E-state index contributed by atoms with van der Waals surface area (Å²) in [5.41, 5.74) is 0. The Kier molecular flexibility index (Phi) is 3.51. The molecule has 0 aromatic heterocycles. The van der Waals surface area contributed by atoms with Crippen molar-refractivity contribution in [3.8, 4) is 0 Å². The minimum atomic E-state index is -3.60. The van der Waals surface area contributed by atoms with E-state index in [1.807, 2.05) is 0 Å². The van der Waals surface area contributed by atoms with Crippen molar-refractivity contribution in [1.82, 2.24) is 0 Å². The van der Waals surface area contributed by atoms with Crippen LogP contribution in [0.2, 0.25) is 0 Å². The van der Waals surface area contributed by atoms with Crippen molar-refractivity contribution in [2.45, 2.75) is 19.4 Å². The summed E-state index contributed by atoms with van der Waals surface area (Å²) in [7, 11) is -7.19. The van der Waals surface area contributed by atoms with Gasteiger partial charge in [-0.3, -0.25) is 8.37 Å². The minimum absolute atomic E-state index is 0.0216. The molecule has 1 heterocycles. The molecule has 14 heavy (non-hydrogen) atoms. The summed E-state index contributed by atoms with van der Waals surface area (Å²) in [6.45, 7) is 1.41. The molecule has 1 rings (SSSR count). The Bertz CT molecular complexity index is 381. The van der Waals surface area contributed by atoms with E-state index in [9.17, 15) is 16.8 Å². The van der Waals surface area contributed by atoms with Gasteiger partial charge in [0.1, 0.15) is 5.75 Å². The van der Waals surface area contributed by atoms with Crippen LogP contribution in [0.4, 0.5) is 0 Å². The van der Waals surface area contributed by atoms with Gasteiger partial charge in [-0.25, -0.2) is 0 Å². The van der Waals surface area contributed by atoms with Crippen molar-refractivity contribution in [2.24, 2.45) is 0 Å². The molecule has 0 aromatic carbocycles. The van der Waals surface area contributed by atoms with Crippen LogP contribution in [0.1, 0.15) is 13.3 Å². The maximum Gasteiger partial charge on any atom is 0.269 e. The van der Waals surface area contributed by atoms with Crippen LogP contribution >= 0.6 is 0 Å². The Labute approximate surface area is 83.5 Å². The van der Waals surface area contributed by atoms with Gasteiger partial charge >= 0.3 is 0 Å². The predicted octanol–water partition coefficient (Wildman–Crippen LogP) is -0.529. The molecule has 1 fully saturated rings. The summed E-state index contributed by atoms with van der Waals surface area (Å²) < 4.78 is 53.0. The van der Waals surface area contributed by atoms with Crippen LogP contribution in [0.3, 0.4) is 0 Å². The lowest BCUT2D eigenvalue weighted by atomic mass is 10.3. The molecular formula is C6H12O6S2. The standard InChI is InChI=1S/C6H12O6S2/c1-2-13(7,8)12-6-3-4-11-14(9,10)5-6/h6H,2-5H2,1H3. The van der Waals surface area contributed by atoms with E-state index < -0.39 is 32.1 Å². The molecule has 0 aromatic rings. The molecule has 0 aliphatic carbocycles. The van der Waals surface area contributed by atoms with Crippen molar-refractivity contribution in [1.29, 1.82) is 0 Å². The third-order valence-corrected chi connectivity index (χ3v) is 4.31. The lowest BCUT2D eigenvalue weighted by Crippen LogP contribution is -2.34. The average Bonchev–Trinajstić information content (AvgIpc) is 2.01. The van der Waals surface area contributed by atoms with Crippen molar-refractivity contribution in [3.63, 3.8) is 0 Å². The quantitative estimate of drug-likeness (QED) is 0.620. The lowest BCUT2D eigenvalue weighted by molar-refractivity contribution is 0.163. The molecule has 1 aliphatic heterocycles. The normalized spacial score (nSPS) is 27.4. The molecule has 0 radical (unpaired) electrons. The topological polar surface area (TPSA) is 86.7 Å². The molecule has 0 spiro atoms. The molecule has 1 atom stereocenters. The Morgan fingerprint density at radius 3 is 2.64 bits per heavy atom. The maximum absolute atomic E-state index is 11.0. The van der Waals surface area contributed by atoms with E-state index in [1.54, 1.807) is 0 Å². The third kappa shape index (κ3) is 3.52. The van der Waals surface area contributed by atoms with Crippen LogP contribution in [0, 0.1) is 0 Å². The van der Waals surface area contributed by atoms with Crippen molar-refractivity contribution in [3.05, 3.63) is 0 Å². The Hall–Kier alpha value is -0.180. The highest BCUT2D eigenvalue weighted by Gasteiger charge is 2.29. The summed E-state index contributed by atoms with van der Waals surface area (Å²) in [5, 5.41) is 0. The van der Waals surface area contributed by atoms with Crippen LogP contribution in [0.25, 0.3) is 0 Å². The molecule has 84 valence electrons. The van der Waals surface area contributed by atoms with Crippen LogP contribution in [-0.2, 0) is 28.6 Å². The molecule has 6 nitrogen and oxygen atoms in total. The lowest BCUT2D eigenvalue weighted by Gasteiger charge is -2.21. The molecule has 1 aliphatic rings. The number of rotatable bonds is 3. The van der Waals surface area contributed by atoms with Gasteiger partial charge in [-0.1, -0.05) is 0 Å². The smallest absolute Gasteiger partial charge is 0.269 e. The van der Waals surface area contributed by atoms with E-state index in [0.717, 1.165) is 0 Å². The second-order valence-electron chi connectivity index (χ2n) is 2.90. The van der Waals surface area contributed by atoms with Crippen molar-refractivity contribution in [2.75, 3.05) is 18.1 Å². The summed E-state index contributed by atoms with van der Waals surface area (Å²) in [6.07, 6.45) is -0.531. The fourth-order valence-corrected chi connectivity index (χ4v) is 2.95. The summed E-state index contributed by atoms with van der Waals surface area (Å²) in [5.74, 6) is -0.559. The second kappa shape index (κ2) is 4.13. The highest BCUT2D eigenvalue weighted by molar-refractivity contribution is 7.87. The summed E-state index contributed by atoms with van der Waals surface area (Å²) in [4.78, 5) is 0. The van der Waals surface area contributed by atoms with E-state index in [2.05, 4.69) is 8.37 Å². The van der Waals surface area contributed by atoms with Gasteiger partial charge in [0.15, 0.2) is 0 Å². The largest absolute Gasteiger partial charge is 0.270 e. The SMILES string of the molecule is CCS(=O)(=O)OC1CCOS(=O)(=O)C1. The molecule has 1 unspecified atom stereocenters. The minimum Gasteiger partial charge on any atom is -0.270 e. The van der Waals surface area contributed by atoms with Crippen molar-refractivity contribution < 1.29 is 25.2 Å². The van der Waals surface area contributed by atoms with Gasteiger partial charge in [-0.15, -0.1) is 0 Å². The molecule has 1 saturated heterocycles. The van der Waals surface area contributed by atoms with Crippen LogP contribution in [-0.4, -0.2) is 41.1 Å². The zero-order valence-corrected chi connectivity index (χ0v) is 9.30. The van der Waals surface area contributed by atoms with Crippen LogP contribution in [0.5, 0.6) is 0 Å². The summed E-state index contributed by atoms with van der Waals surface area (Å²) >= 11 is 0. The first-order valence-electron chi connectivity index (χ1n) is 4.13. The van der Waals surface area contributed by atoms with Crippen LogP contribution < -0.4 is 0 Å². The first-order valence-corrected chi connectivity index (χ1v) is 7.28. The van der Waals surface area contributed by atoms with Crippen molar-refractivity contribution >= 4 is 20.2 Å². The first kappa shape index (κ1) is 11.9. The number of hydrogen-bond acceptors (Lipinski definition) is 6. The van der Waals surface area contributed by atoms with E-state index >= 15 is 0 Å². The molecule has 0 N–H and O–H groups in total. The van der Waals surface area contributed by atoms with Crippen LogP contribution in [0.15, 0.2) is 0 Å². The van der Waals surface area contributed by atoms with Gasteiger partial charge in [-0.05, 0) is 6.92 Å². The Balaban J connectivity index is 2.64. The van der Waals surface area contributed by atoms with Gasteiger partial charge in [-0.2, -0.15) is 16.8 Å². The number of hydrogen-bond donors (Lipinski definition) is 0. The van der Waals surface area contributed by atoms with Gasteiger partial charge < -0.3 is 0 Å². The summed E-state index contributed by atoms with van der Waals surface area (Å²) in [6, 6.07) is 0. The third-order valence-electron chi connectivity index (χ3n) is 1.73. The zero-order chi connectivity index (χ0) is 10.8. The van der Waals surface area contributed by atoms with E-state index in [4.69, 9.17) is 0 Å². The zero-order valence-electron chi connectivity index (χ0n) is 7.67. The fourth-order valence-electron chi connectivity index (χ4n) is 1.02. The monoisotopic (exact) mass is 244 g/mol. The predicted molar refractivity (Wildman–Crippen MR) is 48.7 cm³/mol. The van der Waals surface area contributed by atoms with Gasteiger partial charge in [0.05, 0.1) is 18.5 Å². The van der Waals surface area contributed by atoms with Gasteiger partial charge in [0.25, 0.3) is 20.2 Å². The first-order chi connectivity index (χ1) is 6.35. The van der Waals surface area contributed by atoms with Gasteiger partial charge in [0, 0.05) is 6.42 Å². The molecule has 0 saturated carbocycles. The van der Waals surface area contributed by atoms with Gasteiger partial charge in [0.2, 0.25) is 0 Å². The maximum atomic E-state index is 11.0. The molecule has 0 amide bonds. The molecule has 8 heteroatoms. The highest BCUT2D eigenvalue weighted by Crippen LogP contribution is 2.14. The average molecular weight is 244 g/mol. The molecule has 0 bridgehead atoms.